The maximum absolute atomic E-state index is 6.35. The number of hydrogen-bond donors (Lipinski definition) is 1. The Morgan fingerprint density at radius 1 is 1.10 bits per heavy atom. The number of nitrogens with one attached hydrogen (secondary N) is 1. The molecule has 3 nitrogen and oxygen atoms in total. The van der Waals surface area contributed by atoms with Crippen molar-refractivity contribution in [3.63, 3.8) is 0 Å². The van der Waals surface area contributed by atoms with Crippen LogP contribution in [0.15, 0.2) is 53.5 Å². The lowest BCUT2D eigenvalue weighted by Crippen LogP contribution is -2.45. The van der Waals surface area contributed by atoms with E-state index in [1.165, 1.54) is 5.56 Å². The Morgan fingerprint density at radius 2 is 1.74 bits per heavy atom. The zero-order chi connectivity index (χ0) is 23.0. The number of hydrogen-bond acceptors (Lipinski definition) is 2. The number of thiocarbonyl (C=S) groups is 1. The van der Waals surface area contributed by atoms with Gasteiger partial charge < -0.3 is 10.2 Å². The van der Waals surface area contributed by atoms with Gasteiger partial charge in [0, 0.05) is 15.7 Å². The summed E-state index contributed by atoms with van der Waals surface area (Å²) < 4.78 is 0. The zero-order valence-corrected chi connectivity index (χ0v) is 21.2. The van der Waals surface area contributed by atoms with Crippen molar-refractivity contribution in [2.45, 2.75) is 53.1 Å². The number of nitrogens with zero attached hydrogens (tertiary/aromatic N) is 2. The lowest BCUT2D eigenvalue weighted by molar-refractivity contribution is 0.367. The fourth-order valence-electron chi connectivity index (χ4n) is 3.49. The second kappa shape index (κ2) is 8.93. The van der Waals surface area contributed by atoms with Crippen LogP contribution in [0.2, 0.25) is 10.0 Å². The molecule has 0 aliphatic carbocycles. The quantitative estimate of drug-likeness (QED) is 0.471. The molecule has 2 aromatic carbocycles. The van der Waals surface area contributed by atoms with Crippen LogP contribution in [-0.4, -0.2) is 22.5 Å². The molecule has 2 aromatic rings. The predicted octanol–water partition coefficient (Wildman–Crippen LogP) is 7.30. The highest BCUT2D eigenvalue weighted by molar-refractivity contribution is 7.80. The van der Waals surface area contributed by atoms with Crippen LogP contribution in [-0.2, 0) is 0 Å². The number of benzene rings is 2. The number of aryl methyl sites for hydroxylation is 1. The number of anilines is 1. The minimum Gasteiger partial charge on any atom is -0.319 e. The lowest BCUT2D eigenvalue weighted by Gasteiger charge is -2.32. The lowest BCUT2D eigenvalue weighted by atomic mass is 9.86. The van der Waals surface area contributed by atoms with E-state index in [0.29, 0.717) is 15.2 Å². The second-order valence-electron chi connectivity index (χ2n) is 9.47. The van der Waals surface area contributed by atoms with Crippen LogP contribution in [0.5, 0.6) is 0 Å². The highest BCUT2D eigenvalue weighted by Gasteiger charge is 2.43. The molecule has 0 amide bonds. The Morgan fingerprint density at radius 3 is 2.32 bits per heavy atom. The Bertz CT molecular complexity index is 1030. The average Bonchev–Trinajstić information content (AvgIpc) is 2.88. The number of halogens is 2. The summed E-state index contributed by atoms with van der Waals surface area (Å²) in [6.45, 7) is 12.9. The van der Waals surface area contributed by atoms with Crippen molar-refractivity contribution in [3.05, 3.63) is 69.7 Å². The Hall–Kier alpha value is -1.88. The molecule has 1 aliphatic heterocycles. The fourth-order valence-corrected chi connectivity index (χ4v) is 4.39. The van der Waals surface area contributed by atoms with Crippen LogP contribution < -0.4 is 10.2 Å². The summed E-state index contributed by atoms with van der Waals surface area (Å²) in [7, 11) is 0. The topological polar surface area (TPSA) is 27.6 Å². The van der Waals surface area contributed by atoms with Crippen molar-refractivity contribution in [2.75, 3.05) is 4.90 Å². The smallest absolute Gasteiger partial charge is 0.179 e. The van der Waals surface area contributed by atoms with E-state index in [-0.39, 0.29) is 11.5 Å². The van der Waals surface area contributed by atoms with Crippen molar-refractivity contribution < 1.29 is 0 Å². The predicted molar refractivity (Wildman–Crippen MR) is 140 cm³/mol. The molecular weight excluding hydrogens is 445 g/mol. The van der Waals surface area contributed by atoms with Crippen LogP contribution in [0.4, 0.5) is 5.69 Å². The normalized spacial score (nSPS) is 18.6. The molecule has 0 unspecified atom stereocenters. The number of rotatable bonds is 4. The van der Waals surface area contributed by atoms with E-state index in [2.05, 4.69) is 82.1 Å². The molecule has 0 spiro atoms. The average molecular weight is 475 g/mol. The van der Waals surface area contributed by atoms with Gasteiger partial charge in [0.25, 0.3) is 0 Å². The molecule has 1 N–H and O–H groups in total. The highest BCUT2D eigenvalue weighted by atomic mass is 35.5. The molecule has 6 heteroatoms. The van der Waals surface area contributed by atoms with E-state index in [0.717, 1.165) is 17.1 Å². The first kappa shape index (κ1) is 23.8. The molecule has 1 atom stereocenters. The summed E-state index contributed by atoms with van der Waals surface area (Å²) >= 11 is 18.1. The van der Waals surface area contributed by atoms with Crippen molar-refractivity contribution in [1.29, 1.82) is 0 Å². The van der Waals surface area contributed by atoms with Gasteiger partial charge in [0.05, 0.1) is 11.6 Å². The van der Waals surface area contributed by atoms with E-state index in [4.69, 9.17) is 40.4 Å². The molecule has 1 saturated heterocycles. The van der Waals surface area contributed by atoms with E-state index < -0.39 is 5.54 Å². The summed E-state index contributed by atoms with van der Waals surface area (Å²) in [4.78, 5) is 7.25. The standard InChI is InChI=1S/C25H29Cl2N3S/c1-16-7-12-19(13-8-16)30-23(31)29-22(25(30,5)6)28-21(24(2,3)4)14-10-17-9-11-18(26)15-20(17)27/h7-15,21H,1-6H3,(H,28,29,31)/b14-10+/t21-/m1/s1. The summed E-state index contributed by atoms with van der Waals surface area (Å²) in [6.07, 6.45) is 4.11. The zero-order valence-electron chi connectivity index (χ0n) is 18.8. The summed E-state index contributed by atoms with van der Waals surface area (Å²) in [5.74, 6) is 0.852. The van der Waals surface area contributed by atoms with Crippen LogP contribution in [0.25, 0.3) is 6.08 Å². The van der Waals surface area contributed by atoms with Crippen LogP contribution >= 0.6 is 35.4 Å². The molecule has 1 fully saturated rings. The maximum atomic E-state index is 6.35. The third-order valence-electron chi connectivity index (χ3n) is 5.44. The molecule has 1 aliphatic rings. The van der Waals surface area contributed by atoms with Crippen molar-refractivity contribution in [1.82, 2.24) is 5.32 Å². The van der Waals surface area contributed by atoms with Crippen molar-refractivity contribution in [2.24, 2.45) is 10.4 Å². The fraction of sp³-hybridized carbons (Fsp3) is 0.360. The first-order valence-electron chi connectivity index (χ1n) is 10.3. The van der Waals surface area contributed by atoms with Gasteiger partial charge in [0.1, 0.15) is 5.84 Å². The molecule has 1 heterocycles. The van der Waals surface area contributed by atoms with E-state index in [1.54, 1.807) is 6.07 Å². The SMILES string of the molecule is Cc1ccc(N2C(=S)NC(=N[C@H](/C=C/c3ccc(Cl)cc3Cl)C(C)(C)C)C2(C)C)cc1. The molecular formula is C25H29Cl2N3S. The molecule has 0 aromatic heterocycles. The molecule has 0 radical (unpaired) electrons. The van der Waals surface area contributed by atoms with Gasteiger partial charge >= 0.3 is 0 Å². The first-order valence-corrected chi connectivity index (χ1v) is 11.5. The van der Waals surface area contributed by atoms with Gasteiger partial charge in [-0.3, -0.25) is 4.99 Å². The van der Waals surface area contributed by atoms with Gasteiger partial charge in [-0.05, 0) is 68.2 Å². The Balaban J connectivity index is 1.96. The van der Waals surface area contributed by atoms with Crippen molar-refractivity contribution >= 4 is 58.1 Å². The summed E-state index contributed by atoms with van der Waals surface area (Å²) in [5.41, 5.74) is 2.68. The van der Waals surface area contributed by atoms with E-state index in [1.807, 2.05) is 18.2 Å². The Labute approximate surface area is 201 Å². The Kier molecular flexibility index (Phi) is 6.85. The minimum atomic E-state index is -0.401. The minimum absolute atomic E-state index is 0.0817. The third-order valence-corrected chi connectivity index (χ3v) is 6.28. The summed E-state index contributed by atoms with van der Waals surface area (Å²) in [5, 5.41) is 5.26. The van der Waals surface area contributed by atoms with E-state index >= 15 is 0 Å². The molecule has 0 bridgehead atoms. The first-order chi connectivity index (χ1) is 14.4. The van der Waals surface area contributed by atoms with Gasteiger partial charge in [-0.25, -0.2) is 0 Å². The van der Waals surface area contributed by atoms with Crippen molar-refractivity contribution in [3.8, 4) is 0 Å². The van der Waals surface area contributed by atoms with Crippen LogP contribution in [0.1, 0.15) is 45.7 Å². The van der Waals surface area contributed by atoms with Gasteiger partial charge in [-0.2, -0.15) is 0 Å². The molecule has 164 valence electrons. The second-order valence-corrected chi connectivity index (χ2v) is 10.7. The highest BCUT2D eigenvalue weighted by Crippen LogP contribution is 2.32. The molecule has 3 rings (SSSR count). The van der Waals surface area contributed by atoms with Crippen LogP contribution in [0, 0.1) is 12.3 Å². The van der Waals surface area contributed by atoms with E-state index in [9.17, 15) is 0 Å². The van der Waals surface area contributed by atoms with Gasteiger partial charge in [-0.15, -0.1) is 0 Å². The summed E-state index contributed by atoms with van der Waals surface area (Å²) in [6, 6.07) is 13.8. The van der Waals surface area contributed by atoms with Gasteiger partial charge in [0.15, 0.2) is 5.11 Å². The number of amidine groups is 1. The number of aliphatic imine (C=N–C) groups is 1. The maximum Gasteiger partial charge on any atom is 0.179 e. The third kappa shape index (κ3) is 5.31. The monoisotopic (exact) mass is 473 g/mol. The van der Waals surface area contributed by atoms with Gasteiger partial charge in [0.2, 0.25) is 0 Å². The largest absolute Gasteiger partial charge is 0.319 e. The molecule has 31 heavy (non-hydrogen) atoms. The van der Waals surface area contributed by atoms with Gasteiger partial charge in [-0.1, -0.05) is 79.9 Å². The molecule has 0 saturated carbocycles. The van der Waals surface area contributed by atoms with Crippen LogP contribution in [0.3, 0.4) is 0 Å².